The van der Waals surface area contributed by atoms with Gasteiger partial charge in [-0.3, -0.25) is 9.59 Å². The summed E-state index contributed by atoms with van der Waals surface area (Å²) in [5, 5.41) is 16.5. The van der Waals surface area contributed by atoms with Gasteiger partial charge in [0.05, 0.1) is 13.7 Å². The first kappa shape index (κ1) is 19.0. The van der Waals surface area contributed by atoms with Gasteiger partial charge in [0.1, 0.15) is 17.2 Å². The summed E-state index contributed by atoms with van der Waals surface area (Å²) < 4.78 is 10.4. The van der Waals surface area contributed by atoms with Crippen LogP contribution >= 0.6 is 0 Å². The minimum atomic E-state index is -0.415. The summed E-state index contributed by atoms with van der Waals surface area (Å²) in [4.78, 5) is 24.0. The van der Waals surface area contributed by atoms with Crippen LogP contribution in [0.15, 0.2) is 60.7 Å². The van der Waals surface area contributed by atoms with Crippen LogP contribution in [-0.4, -0.2) is 37.2 Å². The van der Waals surface area contributed by atoms with Gasteiger partial charge in [-0.25, -0.2) is 0 Å². The standard InChI is InChI=1S/C21H20N2O5/c1-27-14-8-10-15(11-9-14)28-13-21(26)22-12-20(25)23-18-6-2-5-17-16(18)4-3-7-19(17)24/h2-11,24H,12-13H2,1H3,(H,22,26)(H,23,25). The molecule has 0 aliphatic carbocycles. The Bertz CT molecular complexity index is 986. The summed E-state index contributed by atoms with van der Waals surface area (Å²) in [6.45, 7) is -0.401. The van der Waals surface area contributed by atoms with Crippen molar-refractivity contribution in [3.8, 4) is 17.2 Å². The number of ether oxygens (including phenoxy) is 2. The first-order valence-corrected chi connectivity index (χ1v) is 8.61. The number of rotatable bonds is 7. The summed E-state index contributed by atoms with van der Waals surface area (Å²) in [6.07, 6.45) is 0. The van der Waals surface area contributed by atoms with Crippen molar-refractivity contribution in [3.05, 3.63) is 60.7 Å². The molecule has 0 saturated heterocycles. The van der Waals surface area contributed by atoms with Gasteiger partial charge in [-0.15, -0.1) is 0 Å². The zero-order valence-electron chi connectivity index (χ0n) is 15.3. The topological polar surface area (TPSA) is 96.9 Å². The van der Waals surface area contributed by atoms with Crippen molar-refractivity contribution in [2.45, 2.75) is 0 Å². The van der Waals surface area contributed by atoms with E-state index in [1.54, 1.807) is 67.8 Å². The molecule has 0 aromatic heterocycles. The Morgan fingerprint density at radius 3 is 2.32 bits per heavy atom. The highest BCUT2D eigenvalue weighted by atomic mass is 16.5. The lowest BCUT2D eigenvalue weighted by Crippen LogP contribution is -2.35. The summed E-state index contributed by atoms with van der Waals surface area (Å²) in [7, 11) is 1.56. The fourth-order valence-electron chi connectivity index (χ4n) is 2.65. The van der Waals surface area contributed by atoms with Crippen LogP contribution in [0.5, 0.6) is 17.2 Å². The Kier molecular flexibility index (Phi) is 5.96. The van der Waals surface area contributed by atoms with Gasteiger partial charge in [-0.05, 0) is 36.4 Å². The second kappa shape index (κ2) is 8.77. The maximum absolute atomic E-state index is 12.1. The second-order valence-corrected chi connectivity index (χ2v) is 5.97. The van der Waals surface area contributed by atoms with E-state index in [0.717, 1.165) is 0 Å². The van der Waals surface area contributed by atoms with Gasteiger partial charge < -0.3 is 25.2 Å². The van der Waals surface area contributed by atoms with E-state index in [9.17, 15) is 14.7 Å². The maximum atomic E-state index is 12.1. The van der Waals surface area contributed by atoms with E-state index in [4.69, 9.17) is 9.47 Å². The van der Waals surface area contributed by atoms with Crippen LogP contribution in [0, 0.1) is 0 Å². The van der Waals surface area contributed by atoms with E-state index in [1.165, 1.54) is 0 Å². The molecule has 3 aromatic rings. The summed E-state index contributed by atoms with van der Waals surface area (Å²) >= 11 is 0. The van der Waals surface area contributed by atoms with Crippen LogP contribution in [0.3, 0.4) is 0 Å². The SMILES string of the molecule is COc1ccc(OCC(=O)NCC(=O)Nc2cccc3c(O)cccc23)cc1. The van der Waals surface area contributed by atoms with Crippen molar-refractivity contribution in [3.63, 3.8) is 0 Å². The van der Waals surface area contributed by atoms with E-state index in [2.05, 4.69) is 10.6 Å². The smallest absolute Gasteiger partial charge is 0.258 e. The molecule has 0 aliphatic rings. The van der Waals surface area contributed by atoms with E-state index >= 15 is 0 Å². The molecule has 2 amide bonds. The molecule has 0 spiro atoms. The van der Waals surface area contributed by atoms with Crippen molar-refractivity contribution < 1.29 is 24.2 Å². The molecule has 0 radical (unpaired) electrons. The molecule has 0 atom stereocenters. The Hall–Kier alpha value is -3.74. The van der Waals surface area contributed by atoms with Crippen molar-refractivity contribution in [1.29, 1.82) is 0 Å². The number of phenols is 1. The second-order valence-electron chi connectivity index (χ2n) is 5.97. The predicted molar refractivity (Wildman–Crippen MR) is 106 cm³/mol. The molecular weight excluding hydrogens is 360 g/mol. The lowest BCUT2D eigenvalue weighted by Gasteiger charge is -2.11. The Balaban J connectivity index is 1.50. The number of fused-ring (bicyclic) bond motifs is 1. The molecule has 7 nitrogen and oxygen atoms in total. The number of phenolic OH excluding ortho intramolecular Hbond substituents is 1. The normalized spacial score (nSPS) is 10.3. The molecule has 0 saturated carbocycles. The van der Waals surface area contributed by atoms with Crippen LogP contribution in [0.25, 0.3) is 10.8 Å². The van der Waals surface area contributed by atoms with Crippen molar-refractivity contribution >= 4 is 28.3 Å². The van der Waals surface area contributed by atoms with Gasteiger partial charge >= 0.3 is 0 Å². The number of aromatic hydroxyl groups is 1. The van der Waals surface area contributed by atoms with Crippen LogP contribution in [0.1, 0.15) is 0 Å². The number of amides is 2. The molecule has 0 aliphatic heterocycles. The molecule has 3 N–H and O–H groups in total. The van der Waals surface area contributed by atoms with Crippen LogP contribution < -0.4 is 20.1 Å². The molecule has 28 heavy (non-hydrogen) atoms. The van der Waals surface area contributed by atoms with Gasteiger partial charge in [0, 0.05) is 16.5 Å². The zero-order valence-corrected chi connectivity index (χ0v) is 15.3. The summed E-state index contributed by atoms with van der Waals surface area (Å²) in [5.41, 5.74) is 0.558. The van der Waals surface area contributed by atoms with Gasteiger partial charge in [-0.1, -0.05) is 24.3 Å². The number of methoxy groups -OCH3 is 1. The zero-order chi connectivity index (χ0) is 19.9. The van der Waals surface area contributed by atoms with Crippen molar-refractivity contribution in [2.24, 2.45) is 0 Å². The number of anilines is 1. The highest BCUT2D eigenvalue weighted by Gasteiger charge is 2.10. The third-order valence-corrected chi connectivity index (χ3v) is 4.05. The molecule has 0 fully saturated rings. The third kappa shape index (κ3) is 4.70. The average molecular weight is 380 g/mol. The summed E-state index contributed by atoms with van der Waals surface area (Å²) in [6, 6.07) is 17.1. The molecular formula is C21H20N2O5. The fraction of sp³-hybridized carbons (Fsp3) is 0.143. The van der Waals surface area contributed by atoms with Crippen molar-refractivity contribution in [2.75, 3.05) is 25.6 Å². The van der Waals surface area contributed by atoms with E-state index < -0.39 is 5.91 Å². The number of nitrogens with one attached hydrogen (secondary N) is 2. The molecule has 0 unspecified atom stereocenters. The number of benzene rings is 3. The number of hydrogen-bond donors (Lipinski definition) is 3. The Morgan fingerprint density at radius 2 is 1.57 bits per heavy atom. The monoisotopic (exact) mass is 380 g/mol. The van der Waals surface area contributed by atoms with E-state index in [-0.39, 0.29) is 24.8 Å². The molecule has 144 valence electrons. The van der Waals surface area contributed by atoms with Gasteiger partial charge in [0.25, 0.3) is 5.91 Å². The molecule has 0 heterocycles. The highest BCUT2D eigenvalue weighted by molar-refractivity contribution is 6.04. The lowest BCUT2D eigenvalue weighted by molar-refractivity contribution is -0.125. The van der Waals surface area contributed by atoms with Crippen molar-refractivity contribution in [1.82, 2.24) is 5.32 Å². The quantitative estimate of drug-likeness (QED) is 0.586. The molecule has 7 heteroatoms. The number of carbonyl (C=O) groups excluding carboxylic acids is 2. The Morgan fingerprint density at radius 1 is 0.893 bits per heavy atom. The highest BCUT2D eigenvalue weighted by Crippen LogP contribution is 2.29. The minimum absolute atomic E-state index is 0.137. The maximum Gasteiger partial charge on any atom is 0.258 e. The third-order valence-electron chi connectivity index (χ3n) is 4.05. The number of carbonyl (C=O) groups is 2. The van der Waals surface area contributed by atoms with Gasteiger partial charge in [-0.2, -0.15) is 0 Å². The largest absolute Gasteiger partial charge is 0.507 e. The van der Waals surface area contributed by atoms with Crippen LogP contribution in [-0.2, 0) is 9.59 Å². The van der Waals surface area contributed by atoms with E-state index in [0.29, 0.717) is 28.0 Å². The predicted octanol–water partition coefficient (Wildman–Crippen LogP) is 2.69. The molecule has 3 rings (SSSR count). The van der Waals surface area contributed by atoms with Gasteiger partial charge in [0.15, 0.2) is 6.61 Å². The fourth-order valence-corrected chi connectivity index (χ4v) is 2.65. The molecule has 0 bridgehead atoms. The minimum Gasteiger partial charge on any atom is -0.507 e. The first-order valence-electron chi connectivity index (χ1n) is 8.61. The molecule has 3 aromatic carbocycles. The average Bonchev–Trinajstić information content (AvgIpc) is 2.72. The lowest BCUT2D eigenvalue weighted by atomic mass is 10.1. The van der Waals surface area contributed by atoms with Crippen LogP contribution in [0.4, 0.5) is 5.69 Å². The van der Waals surface area contributed by atoms with Gasteiger partial charge in [0.2, 0.25) is 5.91 Å². The number of hydrogen-bond acceptors (Lipinski definition) is 5. The summed E-state index contributed by atoms with van der Waals surface area (Å²) in [5.74, 6) is 0.555. The first-order chi connectivity index (χ1) is 13.6. The van der Waals surface area contributed by atoms with Crippen LogP contribution in [0.2, 0.25) is 0 Å². The Labute approximate surface area is 161 Å². The van der Waals surface area contributed by atoms with E-state index in [1.807, 2.05) is 0 Å².